The highest BCUT2D eigenvalue weighted by atomic mass is 16.5. The molecule has 4 rings (SSSR count). The van der Waals surface area contributed by atoms with Crippen LogP contribution in [0.5, 0.6) is 11.5 Å². The zero-order chi connectivity index (χ0) is 23.9. The molecule has 5 nitrogen and oxygen atoms in total. The number of fused-ring (bicyclic) bond motifs is 2. The summed E-state index contributed by atoms with van der Waals surface area (Å²) in [5, 5.41) is 2.79. The van der Waals surface area contributed by atoms with Crippen molar-refractivity contribution in [3.8, 4) is 22.6 Å². The second kappa shape index (κ2) is 10.9. The van der Waals surface area contributed by atoms with E-state index in [0.29, 0.717) is 41.0 Å². The largest absolute Gasteiger partial charge is 0.426 e. The van der Waals surface area contributed by atoms with Crippen LogP contribution < -0.4 is 9.47 Å². The van der Waals surface area contributed by atoms with E-state index in [-0.39, 0.29) is 11.9 Å². The van der Waals surface area contributed by atoms with Crippen LogP contribution in [-0.2, 0) is 9.59 Å². The van der Waals surface area contributed by atoms with Crippen molar-refractivity contribution >= 4 is 33.6 Å². The molecule has 0 bridgehead atoms. The van der Waals surface area contributed by atoms with E-state index in [1.807, 2.05) is 68.4 Å². The Labute approximate surface area is 199 Å². The third-order valence-electron chi connectivity index (χ3n) is 5.79. The van der Waals surface area contributed by atoms with E-state index in [2.05, 4.69) is 4.98 Å². The van der Waals surface area contributed by atoms with Crippen LogP contribution in [0, 0.1) is 0 Å². The highest BCUT2D eigenvalue weighted by molar-refractivity contribution is 6.09. The van der Waals surface area contributed by atoms with Gasteiger partial charge in [-0.15, -0.1) is 0 Å². The molecule has 34 heavy (non-hydrogen) atoms. The average Bonchev–Trinajstić information content (AvgIpc) is 2.86. The maximum absolute atomic E-state index is 12.6. The van der Waals surface area contributed by atoms with Crippen molar-refractivity contribution < 1.29 is 19.1 Å². The van der Waals surface area contributed by atoms with Crippen molar-refractivity contribution in [1.29, 1.82) is 0 Å². The number of hydrogen-bond acceptors (Lipinski definition) is 5. The van der Waals surface area contributed by atoms with Gasteiger partial charge in [0.25, 0.3) is 0 Å². The fourth-order valence-corrected chi connectivity index (χ4v) is 4.04. The molecular weight excluding hydrogens is 426 g/mol. The lowest BCUT2D eigenvalue weighted by Crippen LogP contribution is -2.10. The molecule has 5 heteroatoms. The number of carbonyl (C=O) groups excluding carboxylic acids is 2. The van der Waals surface area contributed by atoms with Gasteiger partial charge < -0.3 is 9.47 Å². The van der Waals surface area contributed by atoms with E-state index in [1.54, 1.807) is 12.3 Å². The molecule has 0 fully saturated rings. The minimum atomic E-state index is -0.292. The topological polar surface area (TPSA) is 65.5 Å². The van der Waals surface area contributed by atoms with Crippen LogP contribution in [0.2, 0.25) is 0 Å². The summed E-state index contributed by atoms with van der Waals surface area (Å²) in [5.74, 6) is 0.270. The first kappa shape index (κ1) is 23.4. The third kappa shape index (κ3) is 5.09. The number of rotatable bonds is 9. The summed E-state index contributed by atoms with van der Waals surface area (Å²) in [7, 11) is 0. The van der Waals surface area contributed by atoms with Gasteiger partial charge in [0.1, 0.15) is 11.5 Å². The number of esters is 2. The van der Waals surface area contributed by atoms with Crippen LogP contribution in [-0.4, -0.2) is 16.9 Å². The summed E-state index contributed by atoms with van der Waals surface area (Å²) in [5.41, 5.74) is 2.04. The van der Waals surface area contributed by atoms with E-state index in [9.17, 15) is 9.59 Å². The number of carbonyl (C=O) groups is 2. The molecule has 0 amide bonds. The fraction of sp³-hybridized carbons (Fsp3) is 0.276. The Bertz CT molecular complexity index is 1230. The van der Waals surface area contributed by atoms with Crippen molar-refractivity contribution in [3.05, 3.63) is 66.9 Å². The summed E-state index contributed by atoms with van der Waals surface area (Å²) >= 11 is 0. The lowest BCUT2D eigenvalue weighted by atomic mass is 9.94. The number of ether oxygens (including phenoxy) is 2. The molecule has 0 aliphatic heterocycles. The van der Waals surface area contributed by atoms with Crippen LogP contribution in [0.4, 0.5) is 0 Å². The summed E-state index contributed by atoms with van der Waals surface area (Å²) in [6.45, 7) is 4.07. The standard InChI is InChI=1S/C29H29NO4/c1-3-5-13-25(31)33-23-17-15-20-10-7-8-12-22(20)27(23)28-24(34-26(32)14-6-4-2)18-16-21-11-9-19-30-29(21)28/h7-12,15-19H,3-6,13-14H2,1-2H3. The van der Waals surface area contributed by atoms with Gasteiger partial charge in [0.2, 0.25) is 0 Å². The van der Waals surface area contributed by atoms with Gasteiger partial charge in [-0.25, -0.2) is 0 Å². The number of hydrogen-bond donors (Lipinski definition) is 0. The monoisotopic (exact) mass is 455 g/mol. The maximum Gasteiger partial charge on any atom is 0.311 e. The molecule has 0 unspecified atom stereocenters. The zero-order valence-electron chi connectivity index (χ0n) is 19.7. The minimum Gasteiger partial charge on any atom is -0.426 e. The van der Waals surface area contributed by atoms with E-state index >= 15 is 0 Å². The van der Waals surface area contributed by atoms with Crippen LogP contribution >= 0.6 is 0 Å². The normalized spacial score (nSPS) is 11.0. The van der Waals surface area contributed by atoms with Crippen molar-refractivity contribution in [2.75, 3.05) is 0 Å². The Hall–Kier alpha value is -3.73. The molecule has 0 atom stereocenters. The maximum atomic E-state index is 12.6. The second-order valence-electron chi connectivity index (χ2n) is 8.33. The summed E-state index contributed by atoms with van der Waals surface area (Å²) < 4.78 is 11.7. The van der Waals surface area contributed by atoms with Crippen LogP contribution in [0.3, 0.4) is 0 Å². The molecule has 174 valence electrons. The van der Waals surface area contributed by atoms with Gasteiger partial charge in [0, 0.05) is 30.0 Å². The lowest BCUT2D eigenvalue weighted by molar-refractivity contribution is -0.135. The zero-order valence-corrected chi connectivity index (χ0v) is 19.7. The van der Waals surface area contributed by atoms with Crippen molar-refractivity contribution in [2.45, 2.75) is 52.4 Å². The van der Waals surface area contributed by atoms with Crippen molar-refractivity contribution in [2.24, 2.45) is 0 Å². The van der Waals surface area contributed by atoms with Gasteiger partial charge >= 0.3 is 11.9 Å². The Morgan fingerprint density at radius 3 is 1.97 bits per heavy atom. The first-order valence-corrected chi connectivity index (χ1v) is 11.9. The van der Waals surface area contributed by atoms with Gasteiger partial charge in [-0.1, -0.05) is 63.1 Å². The number of pyridine rings is 1. The predicted molar refractivity (Wildman–Crippen MR) is 135 cm³/mol. The first-order chi connectivity index (χ1) is 16.6. The summed E-state index contributed by atoms with van der Waals surface area (Å²) in [4.78, 5) is 29.9. The minimum absolute atomic E-state index is 0.284. The molecule has 4 aromatic rings. The number of unbranched alkanes of at least 4 members (excludes halogenated alkanes) is 2. The van der Waals surface area contributed by atoms with Crippen molar-refractivity contribution in [1.82, 2.24) is 4.98 Å². The molecule has 0 aliphatic carbocycles. The molecule has 1 heterocycles. The smallest absolute Gasteiger partial charge is 0.311 e. The summed E-state index contributed by atoms with van der Waals surface area (Å²) in [6.07, 6.45) is 5.73. The molecule has 0 aliphatic rings. The fourth-order valence-electron chi connectivity index (χ4n) is 4.04. The first-order valence-electron chi connectivity index (χ1n) is 11.9. The third-order valence-corrected chi connectivity index (χ3v) is 5.79. The molecule has 0 saturated carbocycles. The van der Waals surface area contributed by atoms with Gasteiger partial charge in [0.15, 0.2) is 0 Å². The van der Waals surface area contributed by atoms with Crippen LogP contribution in [0.1, 0.15) is 52.4 Å². The van der Waals surface area contributed by atoms with E-state index in [0.717, 1.165) is 41.8 Å². The predicted octanol–water partition coefficient (Wildman–Crippen LogP) is 7.25. The number of aromatic nitrogens is 1. The Morgan fingerprint density at radius 2 is 1.29 bits per heavy atom. The Morgan fingerprint density at radius 1 is 0.706 bits per heavy atom. The van der Waals surface area contributed by atoms with Crippen molar-refractivity contribution in [3.63, 3.8) is 0 Å². The molecule has 0 saturated heterocycles. The lowest BCUT2D eigenvalue weighted by Gasteiger charge is -2.18. The van der Waals surface area contributed by atoms with Gasteiger partial charge in [0.05, 0.1) is 11.1 Å². The SMILES string of the molecule is CCCCC(=O)Oc1ccc2ccccc2c1-c1c(OC(=O)CCCC)ccc2cccnc12. The molecule has 0 N–H and O–H groups in total. The van der Waals surface area contributed by atoms with Crippen LogP contribution in [0.25, 0.3) is 32.8 Å². The molecule has 1 aromatic heterocycles. The van der Waals surface area contributed by atoms with E-state index in [4.69, 9.17) is 9.47 Å². The molecule has 0 spiro atoms. The highest BCUT2D eigenvalue weighted by Crippen LogP contribution is 2.45. The number of benzene rings is 3. The quantitative estimate of drug-likeness (QED) is 0.196. The molecule has 3 aromatic carbocycles. The Kier molecular flexibility index (Phi) is 7.53. The van der Waals surface area contributed by atoms with E-state index in [1.165, 1.54) is 0 Å². The average molecular weight is 456 g/mol. The van der Waals surface area contributed by atoms with Gasteiger partial charge in [-0.05, 0) is 47.9 Å². The molecular formula is C29H29NO4. The van der Waals surface area contributed by atoms with E-state index < -0.39 is 0 Å². The van der Waals surface area contributed by atoms with Gasteiger partial charge in [-0.3, -0.25) is 14.6 Å². The summed E-state index contributed by atoms with van der Waals surface area (Å²) in [6, 6.07) is 19.2. The molecule has 0 radical (unpaired) electrons. The second-order valence-corrected chi connectivity index (χ2v) is 8.33. The van der Waals surface area contributed by atoms with Crippen LogP contribution in [0.15, 0.2) is 66.9 Å². The highest BCUT2D eigenvalue weighted by Gasteiger charge is 2.22. The Balaban J connectivity index is 1.94. The number of nitrogens with zero attached hydrogens (tertiary/aromatic N) is 1. The van der Waals surface area contributed by atoms with Gasteiger partial charge in [-0.2, -0.15) is 0 Å².